The van der Waals surface area contributed by atoms with E-state index in [9.17, 15) is 14.0 Å². The Bertz CT molecular complexity index is 1010. The van der Waals surface area contributed by atoms with Gasteiger partial charge < -0.3 is 10.6 Å². The van der Waals surface area contributed by atoms with Gasteiger partial charge in [-0.05, 0) is 47.9 Å². The van der Waals surface area contributed by atoms with Crippen LogP contribution in [0.5, 0.6) is 0 Å². The Morgan fingerprint density at radius 3 is 2.66 bits per heavy atom. The Morgan fingerprint density at radius 2 is 1.90 bits per heavy atom. The lowest BCUT2D eigenvalue weighted by atomic mass is 10.1. The van der Waals surface area contributed by atoms with E-state index in [-0.39, 0.29) is 29.2 Å². The van der Waals surface area contributed by atoms with Crippen LogP contribution in [0.4, 0.5) is 10.1 Å². The lowest BCUT2D eigenvalue weighted by Crippen LogP contribution is -2.23. The van der Waals surface area contributed by atoms with Gasteiger partial charge in [0.2, 0.25) is 5.91 Å². The van der Waals surface area contributed by atoms with Gasteiger partial charge in [-0.3, -0.25) is 9.59 Å². The fourth-order valence-electron chi connectivity index (χ4n) is 2.82. The molecule has 0 bridgehead atoms. The second kappa shape index (κ2) is 9.14. The number of amides is 2. The molecule has 0 saturated carbocycles. The molecule has 2 N–H and O–H groups in total. The Hall–Kier alpha value is -3.48. The number of hydrogen-bond acceptors (Lipinski definition) is 3. The van der Waals surface area contributed by atoms with Crippen LogP contribution in [0.2, 0.25) is 0 Å². The molecule has 0 atom stereocenters. The SMILES string of the molecule is CC(C)CC(=O)Nc1cccc(CNC(=O)c2ccn(-c3cccc(F)c3)n2)c1. The first-order valence-corrected chi connectivity index (χ1v) is 9.39. The zero-order valence-corrected chi connectivity index (χ0v) is 16.4. The second-order valence-electron chi connectivity index (χ2n) is 7.15. The predicted molar refractivity (Wildman–Crippen MR) is 109 cm³/mol. The minimum Gasteiger partial charge on any atom is -0.347 e. The maximum absolute atomic E-state index is 13.4. The molecule has 0 unspecified atom stereocenters. The van der Waals surface area contributed by atoms with Crippen molar-refractivity contribution in [2.24, 2.45) is 5.92 Å². The third kappa shape index (κ3) is 5.75. The van der Waals surface area contributed by atoms with Crippen molar-refractivity contribution in [2.45, 2.75) is 26.8 Å². The largest absolute Gasteiger partial charge is 0.347 e. The quantitative estimate of drug-likeness (QED) is 0.638. The van der Waals surface area contributed by atoms with E-state index in [1.165, 1.54) is 16.8 Å². The minimum atomic E-state index is -0.371. The normalized spacial score (nSPS) is 10.8. The molecule has 29 heavy (non-hydrogen) atoms. The Kier molecular flexibility index (Phi) is 6.39. The molecule has 0 saturated heterocycles. The second-order valence-corrected chi connectivity index (χ2v) is 7.15. The van der Waals surface area contributed by atoms with Crippen molar-refractivity contribution in [3.05, 3.63) is 77.9 Å². The monoisotopic (exact) mass is 394 g/mol. The maximum atomic E-state index is 13.4. The predicted octanol–water partition coefficient (Wildman–Crippen LogP) is 3.93. The van der Waals surface area contributed by atoms with Gasteiger partial charge in [0, 0.05) is 24.8 Å². The number of carbonyl (C=O) groups is 2. The van der Waals surface area contributed by atoms with E-state index in [2.05, 4.69) is 15.7 Å². The number of benzene rings is 2. The summed E-state index contributed by atoms with van der Waals surface area (Å²) in [6.07, 6.45) is 2.06. The summed E-state index contributed by atoms with van der Waals surface area (Å²) in [5.41, 5.74) is 2.31. The van der Waals surface area contributed by atoms with E-state index in [0.29, 0.717) is 24.3 Å². The van der Waals surface area contributed by atoms with Gasteiger partial charge in [0.1, 0.15) is 5.82 Å². The van der Waals surface area contributed by atoms with Crippen molar-refractivity contribution < 1.29 is 14.0 Å². The van der Waals surface area contributed by atoms with E-state index in [1.807, 2.05) is 38.1 Å². The highest BCUT2D eigenvalue weighted by atomic mass is 19.1. The molecule has 0 fully saturated rings. The highest BCUT2D eigenvalue weighted by molar-refractivity contribution is 5.92. The molecule has 150 valence electrons. The van der Waals surface area contributed by atoms with Crippen LogP contribution in [0.25, 0.3) is 5.69 Å². The number of carbonyl (C=O) groups excluding carboxylic acids is 2. The fourth-order valence-corrected chi connectivity index (χ4v) is 2.82. The molecular formula is C22H23FN4O2. The number of hydrogen-bond donors (Lipinski definition) is 2. The van der Waals surface area contributed by atoms with Crippen LogP contribution in [0, 0.1) is 11.7 Å². The van der Waals surface area contributed by atoms with E-state index >= 15 is 0 Å². The average Bonchev–Trinajstić information content (AvgIpc) is 3.16. The molecule has 2 amide bonds. The van der Waals surface area contributed by atoms with Crippen LogP contribution in [-0.2, 0) is 11.3 Å². The van der Waals surface area contributed by atoms with Crippen LogP contribution in [0.1, 0.15) is 36.3 Å². The van der Waals surface area contributed by atoms with Crippen LogP contribution < -0.4 is 10.6 Å². The third-order valence-electron chi connectivity index (χ3n) is 4.15. The lowest BCUT2D eigenvalue weighted by molar-refractivity contribution is -0.116. The van der Waals surface area contributed by atoms with Gasteiger partial charge in [-0.2, -0.15) is 5.10 Å². The van der Waals surface area contributed by atoms with Crippen LogP contribution in [-0.4, -0.2) is 21.6 Å². The highest BCUT2D eigenvalue weighted by Gasteiger charge is 2.11. The zero-order valence-electron chi connectivity index (χ0n) is 16.4. The minimum absolute atomic E-state index is 0.0379. The third-order valence-corrected chi connectivity index (χ3v) is 4.15. The molecule has 2 aromatic carbocycles. The van der Waals surface area contributed by atoms with Crippen molar-refractivity contribution in [1.82, 2.24) is 15.1 Å². The Labute approximate surface area is 168 Å². The van der Waals surface area contributed by atoms with Crippen LogP contribution in [0.15, 0.2) is 60.8 Å². The van der Waals surface area contributed by atoms with Crippen molar-refractivity contribution >= 4 is 17.5 Å². The number of aromatic nitrogens is 2. The molecule has 6 nitrogen and oxygen atoms in total. The average molecular weight is 394 g/mol. The lowest BCUT2D eigenvalue weighted by Gasteiger charge is -2.09. The zero-order chi connectivity index (χ0) is 20.8. The molecule has 1 aromatic heterocycles. The van der Waals surface area contributed by atoms with E-state index in [1.54, 1.807) is 24.4 Å². The van der Waals surface area contributed by atoms with Gasteiger partial charge in [-0.1, -0.05) is 32.0 Å². The Balaban J connectivity index is 1.60. The molecule has 0 aliphatic heterocycles. The maximum Gasteiger partial charge on any atom is 0.272 e. The number of nitrogens with zero attached hydrogens (tertiary/aromatic N) is 2. The summed E-state index contributed by atoms with van der Waals surface area (Å²) in [7, 11) is 0. The van der Waals surface area contributed by atoms with Crippen LogP contribution >= 0.6 is 0 Å². The molecule has 7 heteroatoms. The Morgan fingerprint density at radius 1 is 1.10 bits per heavy atom. The van der Waals surface area contributed by atoms with Crippen molar-refractivity contribution in [1.29, 1.82) is 0 Å². The van der Waals surface area contributed by atoms with E-state index in [0.717, 1.165) is 5.56 Å². The van der Waals surface area contributed by atoms with Gasteiger partial charge in [0.15, 0.2) is 5.69 Å². The summed E-state index contributed by atoms with van der Waals surface area (Å²) in [5, 5.41) is 9.86. The summed E-state index contributed by atoms with van der Waals surface area (Å²) in [5.74, 6) is -0.465. The molecule has 3 aromatic rings. The summed E-state index contributed by atoms with van der Waals surface area (Å²) in [6, 6.07) is 14.9. The van der Waals surface area contributed by atoms with Crippen molar-refractivity contribution in [3.8, 4) is 5.69 Å². The first-order valence-electron chi connectivity index (χ1n) is 9.39. The molecule has 0 spiro atoms. The standard InChI is InChI=1S/C22H23FN4O2/c1-15(2)11-21(28)25-18-7-3-5-16(12-18)14-24-22(29)20-9-10-27(26-20)19-8-4-6-17(23)13-19/h3-10,12-13,15H,11,14H2,1-2H3,(H,24,29)(H,25,28). The van der Waals surface area contributed by atoms with Gasteiger partial charge in [0.05, 0.1) is 5.69 Å². The molecule has 0 aliphatic rings. The number of rotatable bonds is 7. The van der Waals surface area contributed by atoms with Crippen molar-refractivity contribution in [2.75, 3.05) is 5.32 Å². The summed E-state index contributed by atoms with van der Waals surface area (Å²) >= 11 is 0. The smallest absolute Gasteiger partial charge is 0.272 e. The fraction of sp³-hybridized carbons (Fsp3) is 0.227. The molecule has 0 aliphatic carbocycles. The van der Waals surface area contributed by atoms with Crippen molar-refractivity contribution in [3.63, 3.8) is 0 Å². The highest BCUT2D eigenvalue weighted by Crippen LogP contribution is 2.13. The van der Waals surface area contributed by atoms with E-state index in [4.69, 9.17) is 0 Å². The van der Waals surface area contributed by atoms with Gasteiger partial charge in [0.25, 0.3) is 5.91 Å². The first-order chi connectivity index (χ1) is 13.9. The topological polar surface area (TPSA) is 76.0 Å². The molecule has 1 heterocycles. The summed E-state index contributed by atoms with van der Waals surface area (Å²) < 4.78 is 14.8. The molecule has 3 rings (SSSR count). The van der Waals surface area contributed by atoms with Gasteiger partial charge in [-0.25, -0.2) is 9.07 Å². The number of halogens is 1. The molecular weight excluding hydrogens is 371 g/mol. The first kappa shape index (κ1) is 20.3. The molecule has 0 radical (unpaired) electrons. The number of nitrogens with one attached hydrogen (secondary N) is 2. The van der Waals surface area contributed by atoms with E-state index < -0.39 is 0 Å². The van der Waals surface area contributed by atoms with Gasteiger partial charge in [-0.15, -0.1) is 0 Å². The summed E-state index contributed by atoms with van der Waals surface area (Å²) in [6.45, 7) is 4.27. The van der Waals surface area contributed by atoms with Crippen LogP contribution in [0.3, 0.4) is 0 Å². The van der Waals surface area contributed by atoms with Gasteiger partial charge >= 0.3 is 0 Å². The summed E-state index contributed by atoms with van der Waals surface area (Å²) in [4.78, 5) is 24.3. The number of anilines is 1.